The second-order valence-electron chi connectivity index (χ2n) is 6.68. The van der Waals surface area contributed by atoms with E-state index in [1.54, 1.807) is 24.3 Å². The zero-order valence-corrected chi connectivity index (χ0v) is 16.3. The van der Waals surface area contributed by atoms with Gasteiger partial charge >= 0.3 is 0 Å². The van der Waals surface area contributed by atoms with Crippen LogP contribution in [-0.2, 0) is 0 Å². The van der Waals surface area contributed by atoms with E-state index >= 15 is 0 Å². The van der Waals surface area contributed by atoms with E-state index < -0.39 is 0 Å². The van der Waals surface area contributed by atoms with Crippen LogP contribution in [0, 0.1) is 0 Å². The van der Waals surface area contributed by atoms with E-state index in [1.165, 1.54) is 11.8 Å². The van der Waals surface area contributed by atoms with Crippen LogP contribution in [0.2, 0.25) is 5.02 Å². The number of nitrogens with zero attached hydrogens (tertiary/aromatic N) is 1. The number of fused-ring (bicyclic) bond motifs is 1. The summed E-state index contributed by atoms with van der Waals surface area (Å²) in [5, 5.41) is 3.17. The average molecular weight is 395 g/mol. The van der Waals surface area contributed by atoms with Crippen molar-refractivity contribution in [2.75, 3.05) is 5.32 Å². The topological polar surface area (TPSA) is 68.3 Å². The van der Waals surface area contributed by atoms with Crippen LogP contribution >= 0.6 is 11.6 Å². The molecule has 5 nitrogen and oxygen atoms in total. The molecular formula is C22H19ClN2O3. The second kappa shape index (κ2) is 7.52. The van der Waals surface area contributed by atoms with Gasteiger partial charge in [0.05, 0.1) is 17.0 Å². The molecule has 0 aliphatic rings. The van der Waals surface area contributed by atoms with Gasteiger partial charge in [0, 0.05) is 5.56 Å². The maximum atomic E-state index is 12.2. The van der Waals surface area contributed by atoms with Crippen molar-refractivity contribution in [2.45, 2.75) is 26.2 Å². The van der Waals surface area contributed by atoms with Gasteiger partial charge in [-0.1, -0.05) is 31.5 Å². The number of nitrogens with one attached hydrogen (secondary N) is 1. The highest BCUT2D eigenvalue weighted by Gasteiger charge is 2.15. The van der Waals surface area contributed by atoms with Gasteiger partial charge in [-0.05, 0) is 60.4 Å². The predicted octanol–water partition coefficient (Wildman–Crippen LogP) is 6.51. The summed E-state index contributed by atoms with van der Waals surface area (Å²) in [5.41, 5.74) is 3.95. The Balaban J connectivity index is 1.66. The number of anilines is 1. The molecule has 2 aromatic carbocycles. The largest absolute Gasteiger partial charge is 0.459 e. The minimum Gasteiger partial charge on any atom is -0.459 e. The molecule has 0 saturated carbocycles. The lowest BCUT2D eigenvalue weighted by molar-refractivity contribution is 0.0996. The van der Waals surface area contributed by atoms with Crippen molar-refractivity contribution in [3.63, 3.8) is 0 Å². The third-order valence-corrected chi connectivity index (χ3v) is 5.13. The van der Waals surface area contributed by atoms with E-state index in [0.29, 0.717) is 22.5 Å². The average Bonchev–Trinajstić information content (AvgIpc) is 3.38. The number of benzene rings is 2. The number of carbonyl (C=O) groups excluding carboxylic acids is 1. The number of hydrogen-bond donors (Lipinski definition) is 1. The van der Waals surface area contributed by atoms with Crippen molar-refractivity contribution < 1.29 is 13.6 Å². The molecular weight excluding hydrogens is 376 g/mol. The molecule has 2 aromatic heterocycles. The SMILES string of the molecule is CC[C@H](C)c1ccc2oc(-c3ccc(Cl)c(NC(=O)c4ccco4)c3)nc2c1. The molecule has 0 fully saturated rings. The van der Waals surface area contributed by atoms with Gasteiger partial charge in [-0.15, -0.1) is 0 Å². The smallest absolute Gasteiger partial charge is 0.291 e. The van der Waals surface area contributed by atoms with Gasteiger partial charge in [0.25, 0.3) is 5.91 Å². The molecule has 4 aromatic rings. The lowest BCUT2D eigenvalue weighted by Crippen LogP contribution is -2.11. The van der Waals surface area contributed by atoms with E-state index in [4.69, 9.17) is 20.4 Å². The fraction of sp³-hybridized carbons (Fsp3) is 0.182. The first-order valence-electron chi connectivity index (χ1n) is 9.10. The molecule has 0 saturated heterocycles. The van der Waals surface area contributed by atoms with Crippen LogP contribution in [0.5, 0.6) is 0 Å². The van der Waals surface area contributed by atoms with Crippen LogP contribution < -0.4 is 5.32 Å². The lowest BCUT2D eigenvalue weighted by Gasteiger charge is -2.07. The van der Waals surface area contributed by atoms with Gasteiger partial charge in [-0.25, -0.2) is 4.98 Å². The standard InChI is InChI=1S/C22H19ClN2O3/c1-3-13(2)14-7-9-19-18(11-14)25-22(28-19)15-6-8-16(23)17(12-15)24-21(26)20-5-4-10-27-20/h4-13H,3H2,1-2H3,(H,24,26)/t13-/m0/s1. The molecule has 0 bridgehead atoms. The molecule has 1 atom stereocenters. The third kappa shape index (κ3) is 3.53. The molecule has 0 unspecified atom stereocenters. The Morgan fingerprint density at radius 1 is 1.21 bits per heavy atom. The van der Waals surface area contributed by atoms with E-state index in [2.05, 4.69) is 36.3 Å². The van der Waals surface area contributed by atoms with E-state index in [0.717, 1.165) is 23.1 Å². The van der Waals surface area contributed by atoms with Crippen molar-refractivity contribution in [2.24, 2.45) is 0 Å². The van der Waals surface area contributed by atoms with Crippen LogP contribution in [0.25, 0.3) is 22.6 Å². The molecule has 0 aliphatic heterocycles. The number of rotatable bonds is 5. The maximum Gasteiger partial charge on any atom is 0.291 e. The summed E-state index contributed by atoms with van der Waals surface area (Å²) in [4.78, 5) is 16.9. The second-order valence-corrected chi connectivity index (χ2v) is 7.09. The Morgan fingerprint density at radius 2 is 2.07 bits per heavy atom. The molecule has 0 aliphatic carbocycles. The van der Waals surface area contributed by atoms with Crippen molar-refractivity contribution >= 4 is 34.3 Å². The highest BCUT2D eigenvalue weighted by atomic mass is 35.5. The molecule has 1 N–H and O–H groups in total. The van der Waals surface area contributed by atoms with E-state index in [1.807, 2.05) is 12.1 Å². The first-order chi connectivity index (χ1) is 13.5. The Hall–Kier alpha value is -3.05. The molecule has 1 amide bonds. The van der Waals surface area contributed by atoms with Gasteiger partial charge < -0.3 is 14.2 Å². The van der Waals surface area contributed by atoms with Crippen LogP contribution in [0.4, 0.5) is 5.69 Å². The fourth-order valence-electron chi connectivity index (χ4n) is 2.96. The number of amides is 1. The van der Waals surface area contributed by atoms with Crippen LogP contribution in [0.15, 0.2) is 63.6 Å². The van der Waals surface area contributed by atoms with E-state index in [-0.39, 0.29) is 11.7 Å². The number of hydrogen-bond acceptors (Lipinski definition) is 4. The molecule has 28 heavy (non-hydrogen) atoms. The minimum absolute atomic E-state index is 0.209. The zero-order chi connectivity index (χ0) is 19.7. The first kappa shape index (κ1) is 18.3. The normalized spacial score (nSPS) is 12.2. The third-order valence-electron chi connectivity index (χ3n) is 4.80. The van der Waals surface area contributed by atoms with Crippen LogP contribution in [0.3, 0.4) is 0 Å². The quantitative estimate of drug-likeness (QED) is 0.419. The Morgan fingerprint density at radius 3 is 2.82 bits per heavy atom. The first-order valence-corrected chi connectivity index (χ1v) is 9.48. The monoisotopic (exact) mass is 394 g/mol. The highest BCUT2D eigenvalue weighted by Crippen LogP contribution is 2.32. The molecule has 0 radical (unpaired) electrons. The molecule has 0 spiro atoms. The molecule has 142 valence electrons. The van der Waals surface area contributed by atoms with Gasteiger partial charge in [-0.2, -0.15) is 0 Å². The summed E-state index contributed by atoms with van der Waals surface area (Å²) < 4.78 is 11.0. The molecule has 2 heterocycles. The summed E-state index contributed by atoms with van der Waals surface area (Å²) in [5.74, 6) is 0.769. The van der Waals surface area contributed by atoms with Crippen molar-refractivity contribution in [1.82, 2.24) is 4.98 Å². The fourth-order valence-corrected chi connectivity index (χ4v) is 3.12. The Bertz CT molecular complexity index is 1130. The van der Waals surface area contributed by atoms with Crippen molar-refractivity contribution in [3.05, 3.63) is 71.1 Å². The molecule has 6 heteroatoms. The minimum atomic E-state index is -0.375. The lowest BCUT2D eigenvalue weighted by atomic mass is 9.98. The summed E-state index contributed by atoms with van der Waals surface area (Å²) >= 11 is 6.24. The summed E-state index contributed by atoms with van der Waals surface area (Å²) in [7, 11) is 0. The maximum absolute atomic E-state index is 12.2. The molecule has 4 rings (SSSR count). The number of halogens is 1. The number of oxazole rings is 1. The van der Waals surface area contributed by atoms with E-state index in [9.17, 15) is 4.79 Å². The summed E-state index contributed by atoms with van der Waals surface area (Å²) in [6.45, 7) is 4.35. The van der Waals surface area contributed by atoms with Crippen LogP contribution in [0.1, 0.15) is 42.3 Å². The van der Waals surface area contributed by atoms with Gasteiger partial charge in [-0.3, -0.25) is 4.79 Å². The Labute approximate surface area is 167 Å². The summed E-state index contributed by atoms with van der Waals surface area (Å²) in [6, 6.07) is 14.6. The van der Waals surface area contributed by atoms with Crippen molar-refractivity contribution in [1.29, 1.82) is 0 Å². The van der Waals surface area contributed by atoms with Gasteiger partial charge in [0.15, 0.2) is 11.3 Å². The zero-order valence-electron chi connectivity index (χ0n) is 15.5. The van der Waals surface area contributed by atoms with Crippen LogP contribution in [-0.4, -0.2) is 10.9 Å². The van der Waals surface area contributed by atoms with Gasteiger partial charge in [0.1, 0.15) is 5.52 Å². The number of furan rings is 1. The van der Waals surface area contributed by atoms with Crippen molar-refractivity contribution in [3.8, 4) is 11.5 Å². The predicted molar refractivity (Wildman–Crippen MR) is 110 cm³/mol. The summed E-state index contributed by atoms with van der Waals surface area (Å²) in [6.07, 6.45) is 2.51. The number of aromatic nitrogens is 1. The van der Waals surface area contributed by atoms with Gasteiger partial charge in [0.2, 0.25) is 5.89 Å². The Kier molecular flexibility index (Phi) is 4.92. The number of carbonyl (C=O) groups is 1. The highest BCUT2D eigenvalue weighted by molar-refractivity contribution is 6.34.